The zero-order valence-corrected chi connectivity index (χ0v) is 14.7. The van der Waals surface area contributed by atoms with Crippen molar-refractivity contribution in [3.8, 4) is 17.3 Å². The van der Waals surface area contributed by atoms with E-state index in [1.807, 2.05) is 30.7 Å². The lowest BCUT2D eigenvalue weighted by atomic mass is 10.3. The number of aryl methyl sites for hydroxylation is 1. The van der Waals surface area contributed by atoms with Gasteiger partial charge in [0.2, 0.25) is 0 Å². The van der Waals surface area contributed by atoms with Gasteiger partial charge in [0.05, 0.1) is 18.5 Å². The first-order chi connectivity index (χ1) is 12.7. The van der Waals surface area contributed by atoms with Crippen LogP contribution in [0, 0.1) is 6.92 Å². The van der Waals surface area contributed by atoms with Crippen molar-refractivity contribution in [3.63, 3.8) is 0 Å². The molecule has 1 N–H and O–H groups in total. The van der Waals surface area contributed by atoms with Gasteiger partial charge in [0.15, 0.2) is 6.61 Å². The largest absolute Gasteiger partial charge is 0.494 e. The molecule has 7 heteroatoms. The van der Waals surface area contributed by atoms with Crippen molar-refractivity contribution in [3.05, 3.63) is 60.8 Å². The third-order valence-corrected chi connectivity index (χ3v) is 3.61. The summed E-state index contributed by atoms with van der Waals surface area (Å²) in [6.07, 6.45) is 5.15. The summed E-state index contributed by atoms with van der Waals surface area (Å²) in [4.78, 5) is 20.5. The van der Waals surface area contributed by atoms with Gasteiger partial charge in [-0.25, -0.2) is 9.97 Å². The van der Waals surface area contributed by atoms with E-state index in [4.69, 9.17) is 9.47 Å². The van der Waals surface area contributed by atoms with Gasteiger partial charge in [0.25, 0.3) is 5.91 Å². The van der Waals surface area contributed by atoms with Crippen molar-refractivity contribution in [1.82, 2.24) is 14.5 Å². The fourth-order valence-electron chi connectivity index (χ4n) is 2.37. The van der Waals surface area contributed by atoms with Gasteiger partial charge in [-0.05, 0) is 50.2 Å². The number of anilines is 1. The van der Waals surface area contributed by atoms with Crippen molar-refractivity contribution in [1.29, 1.82) is 0 Å². The lowest BCUT2D eigenvalue weighted by Crippen LogP contribution is -2.20. The molecule has 0 aliphatic rings. The molecular weight excluding hydrogens is 332 g/mol. The van der Waals surface area contributed by atoms with Crippen LogP contribution in [0.5, 0.6) is 11.5 Å². The van der Waals surface area contributed by atoms with Crippen molar-refractivity contribution >= 4 is 11.6 Å². The number of nitrogens with zero attached hydrogens (tertiary/aromatic N) is 3. The van der Waals surface area contributed by atoms with Crippen molar-refractivity contribution in [2.75, 3.05) is 18.5 Å². The molecule has 2 aromatic heterocycles. The van der Waals surface area contributed by atoms with Crippen LogP contribution in [-0.4, -0.2) is 33.7 Å². The molecule has 2 heterocycles. The monoisotopic (exact) mass is 352 g/mol. The van der Waals surface area contributed by atoms with Crippen LogP contribution in [0.2, 0.25) is 0 Å². The Kier molecular flexibility index (Phi) is 5.48. The molecule has 0 aliphatic carbocycles. The molecule has 0 aliphatic heterocycles. The first-order valence-corrected chi connectivity index (χ1v) is 8.27. The number of imidazole rings is 1. The van der Waals surface area contributed by atoms with Crippen molar-refractivity contribution < 1.29 is 14.3 Å². The van der Waals surface area contributed by atoms with E-state index in [1.165, 1.54) is 0 Å². The zero-order chi connectivity index (χ0) is 18.4. The summed E-state index contributed by atoms with van der Waals surface area (Å²) in [7, 11) is 0. The number of benzene rings is 1. The summed E-state index contributed by atoms with van der Waals surface area (Å²) >= 11 is 0. The molecule has 0 bridgehead atoms. The van der Waals surface area contributed by atoms with Gasteiger partial charge < -0.3 is 14.8 Å². The lowest BCUT2D eigenvalue weighted by molar-refractivity contribution is -0.118. The first kappa shape index (κ1) is 17.5. The Labute approximate surface area is 151 Å². The standard InChI is InChI=1S/C19H20N4O3/c1-3-25-16-5-7-17(8-6-16)26-13-19(24)22-15-4-9-18(21-12-15)23-11-10-20-14(23)2/h4-12H,3,13H2,1-2H3,(H,22,24). The topological polar surface area (TPSA) is 78.3 Å². The number of nitrogens with one attached hydrogen (secondary N) is 1. The molecule has 3 aromatic rings. The highest BCUT2D eigenvalue weighted by Crippen LogP contribution is 2.17. The Morgan fingerprint density at radius 1 is 1.08 bits per heavy atom. The maximum atomic E-state index is 12.0. The fraction of sp³-hybridized carbons (Fsp3) is 0.211. The van der Waals surface area contributed by atoms with Crippen LogP contribution in [0.4, 0.5) is 5.69 Å². The summed E-state index contributed by atoms with van der Waals surface area (Å²) in [5.41, 5.74) is 0.604. The number of rotatable bonds is 7. The first-order valence-electron chi connectivity index (χ1n) is 8.27. The van der Waals surface area contributed by atoms with E-state index in [0.29, 0.717) is 18.0 Å². The van der Waals surface area contributed by atoms with Gasteiger partial charge in [-0.15, -0.1) is 0 Å². The van der Waals surface area contributed by atoms with Crippen LogP contribution in [0.1, 0.15) is 12.7 Å². The second kappa shape index (κ2) is 8.15. The number of aromatic nitrogens is 3. The van der Waals surface area contributed by atoms with Crippen LogP contribution >= 0.6 is 0 Å². The number of ether oxygens (including phenoxy) is 2. The minimum atomic E-state index is -0.257. The zero-order valence-electron chi connectivity index (χ0n) is 14.7. The van der Waals surface area contributed by atoms with Crippen molar-refractivity contribution in [2.45, 2.75) is 13.8 Å². The third kappa shape index (κ3) is 4.38. The van der Waals surface area contributed by atoms with E-state index in [-0.39, 0.29) is 12.5 Å². The molecule has 7 nitrogen and oxygen atoms in total. The molecule has 26 heavy (non-hydrogen) atoms. The van der Waals surface area contributed by atoms with E-state index < -0.39 is 0 Å². The van der Waals surface area contributed by atoms with Gasteiger partial charge in [-0.1, -0.05) is 0 Å². The van der Waals surface area contributed by atoms with Crippen LogP contribution in [0.3, 0.4) is 0 Å². The molecule has 1 aromatic carbocycles. The Hall–Kier alpha value is -3.35. The summed E-state index contributed by atoms with van der Waals surface area (Å²) < 4.78 is 12.7. The number of carbonyl (C=O) groups is 1. The van der Waals surface area contributed by atoms with E-state index in [2.05, 4.69) is 15.3 Å². The van der Waals surface area contributed by atoms with Gasteiger partial charge >= 0.3 is 0 Å². The van der Waals surface area contributed by atoms with Crippen molar-refractivity contribution in [2.24, 2.45) is 0 Å². The molecule has 3 rings (SSSR count). The van der Waals surface area contributed by atoms with Gasteiger partial charge in [0, 0.05) is 12.4 Å². The van der Waals surface area contributed by atoms with E-state index in [1.54, 1.807) is 42.7 Å². The van der Waals surface area contributed by atoms with Gasteiger partial charge in [0.1, 0.15) is 23.1 Å². The minimum absolute atomic E-state index is 0.0869. The molecule has 0 saturated heterocycles. The van der Waals surface area contributed by atoms with Crippen LogP contribution < -0.4 is 14.8 Å². The fourth-order valence-corrected chi connectivity index (χ4v) is 2.37. The molecule has 0 atom stereocenters. The highest BCUT2D eigenvalue weighted by atomic mass is 16.5. The number of amides is 1. The summed E-state index contributed by atoms with van der Waals surface area (Å²) in [6.45, 7) is 4.34. The molecule has 0 spiro atoms. The van der Waals surface area contributed by atoms with E-state index >= 15 is 0 Å². The number of pyridine rings is 1. The Morgan fingerprint density at radius 3 is 2.38 bits per heavy atom. The second-order valence-corrected chi connectivity index (χ2v) is 5.49. The molecule has 134 valence electrons. The van der Waals surface area contributed by atoms with Crippen LogP contribution in [0.25, 0.3) is 5.82 Å². The maximum Gasteiger partial charge on any atom is 0.262 e. The average molecular weight is 352 g/mol. The van der Waals surface area contributed by atoms with E-state index in [0.717, 1.165) is 17.4 Å². The Balaban J connectivity index is 1.52. The molecule has 0 saturated carbocycles. The summed E-state index contributed by atoms with van der Waals surface area (Å²) in [5.74, 6) is 2.70. The third-order valence-electron chi connectivity index (χ3n) is 3.61. The average Bonchev–Trinajstić information content (AvgIpc) is 3.08. The SMILES string of the molecule is CCOc1ccc(OCC(=O)Nc2ccc(-n3ccnc3C)nc2)cc1. The maximum absolute atomic E-state index is 12.0. The Bertz CT molecular complexity index is 857. The summed E-state index contributed by atoms with van der Waals surface area (Å²) in [6, 6.07) is 10.7. The number of hydrogen-bond donors (Lipinski definition) is 1. The van der Waals surface area contributed by atoms with Gasteiger partial charge in [-0.3, -0.25) is 9.36 Å². The highest BCUT2D eigenvalue weighted by Gasteiger charge is 2.06. The van der Waals surface area contributed by atoms with E-state index in [9.17, 15) is 4.79 Å². The number of hydrogen-bond acceptors (Lipinski definition) is 5. The molecule has 1 amide bonds. The Morgan fingerprint density at radius 2 is 1.81 bits per heavy atom. The minimum Gasteiger partial charge on any atom is -0.494 e. The summed E-state index contributed by atoms with van der Waals surface area (Å²) in [5, 5.41) is 2.75. The highest BCUT2D eigenvalue weighted by molar-refractivity contribution is 5.91. The quantitative estimate of drug-likeness (QED) is 0.707. The number of carbonyl (C=O) groups excluding carboxylic acids is 1. The lowest BCUT2D eigenvalue weighted by Gasteiger charge is -2.09. The normalized spacial score (nSPS) is 10.4. The smallest absolute Gasteiger partial charge is 0.262 e. The molecule has 0 fully saturated rings. The van der Waals surface area contributed by atoms with Crippen LogP contribution in [0.15, 0.2) is 55.0 Å². The molecule has 0 radical (unpaired) electrons. The predicted octanol–water partition coefficient (Wildman–Crippen LogP) is 2.99. The molecular formula is C19H20N4O3. The second-order valence-electron chi connectivity index (χ2n) is 5.49. The van der Waals surface area contributed by atoms with Crippen LogP contribution in [-0.2, 0) is 4.79 Å². The van der Waals surface area contributed by atoms with Gasteiger partial charge in [-0.2, -0.15) is 0 Å². The predicted molar refractivity (Wildman–Crippen MR) is 97.8 cm³/mol. The molecule has 0 unspecified atom stereocenters.